The van der Waals surface area contributed by atoms with Gasteiger partial charge in [0.25, 0.3) is 0 Å². The molecule has 14 heavy (non-hydrogen) atoms. The SMILES string of the molecule is C=C(CBr)c1cc(C(C)(C)C)nn1C. The highest BCUT2D eigenvalue weighted by Crippen LogP contribution is 2.24. The van der Waals surface area contributed by atoms with E-state index < -0.39 is 0 Å². The van der Waals surface area contributed by atoms with Crippen LogP contribution in [0.15, 0.2) is 12.6 Å². The average molecular weight is 257 g/mol. The van der Waals surface area contributed by atoms with Crippen LogP contribution in [0.4, 0.5) is 0 Å². The van der Waals surface area contributed by atoms with E-state index in [0.29, 0.717) is 0 Å². The van der Waals surface area contributed by atoms with Crippen molar-refractivity contribution in [2.45, 2.75) is 26.2 Å². The predicted octanol–water partition coefficient (Wildman–Crippen LogP) is 3.13. The Morgan fingerprint density at radius 2 is 2.14 bits per heavy atom. The molecule has 0 saturated carbocycles. The second kappa shape index (κ2) is 3.89. The summed E-state index contributed by atoms with van der Waals surface area (Å²) in [6.07, 6.45) is 0. The van der Waals surface area contributed by atoms with Crippen LogP contribution in [0.25, 0.3) is 5.57 Å². The summed E-state index contributed by atoms with van der Waals surface area (Å²) in [5.41, 5.74) is 3.38. The molecule has 1 aromatic heterocycles. The van der Waals surface area contributed by atoms with Gasteiger partial charge in [0.05, 0.1) is 11.4 Å². The maximum absolute atomic E-state index is 4.49. The fourth-order valence-electron chi connectivity index (χ4n) is 1.23. The second-order valence-corrected chi connectivity index (χ2v) is 5.09. The predicted molar refractivity (Wildman–Crippen MR) is 64.7 cm³/mol. The first-order valence-corrected chi connectivity index (χ1v) is 5.77. The zero-order valence-corrected chi connectivity index (χ0v) is 10.8. The summed E-state index contributed by atoms with van der Waals surface area (Å²) < 4.78 is 1.89. The van der Waals surface area contributed by atoms with Crippen LogP contribution in [0.5, 0.6) is 0 Å². The molecule has 0 aliphatic heterocycles. The van der Waals surface area contributed by atoms with E-state index in [1.165, 1.54) is 0 Å². The van der Waals surface area contributed by atoms with Crippen LogP contribution in [-0.2, 0) is 12.5 Å². The quantitative estimate of drug-likeness (QED) is 0.744. The molecule has 0 bridgehead atoms. The highest BCUT2D eigenvalue weighted by Gasteiger charge is 2.19. The van der Waals surface area contributed by atoms with Crippen molar-refractivity contribution in [3.05, 3.63) is 24.0 Å². The Hall–Kier alpha value is -0.570. The summed E-state index contributed by atoms with van der Waals surface area (Å²) in [6, 6.07) is 2.11. The third-order valence-electron chi connectivity index (χ3n) is 2.17. The Labute approximate surface area is 94.1 Å². The number of rotatable bonds is 2. The Kier molecular flexibility index (Phi) is 3.20. The molecule has 0 fully saturated rings. The fourth-order valence-corrected chi connectivity index (χ4v) is 1.52. The maximum Gasteiger partial charge on any atom is 0.0684 e. The Bertz CT molecular complexity index is 345. The van der Waals surface area contributed by atoms with E-state index in [1.54, 1.807) is 0 Å². The molecule has 2 nitrogen and oxygen atoms in total. The van der Waals surface area contributed by atoms with E-state index in [2.05, 4.69) is 54.4 Å². The number of allylic oxidation sites excluding steroid dienone is 1. The Balaban J connectivity index is 3.12. The smallest absolute Gasteiger partial charge is 0.0684 e. The molecule has 0 atom stereocenters. The summed E-state index contributed by atoms with van der Waals surface area (Å²) in [5.74, 6) is 0. The van der Waals surface area contributed by atoms with Crippen molar-refractivity contribution >= 4 is 21.5 Å². The van der Waals surface area contributed by atoms with Gasteiger partial charge in [-0.2, -0.15) is 5.10 Å². The van der Waals surface area contributed by atoms with Crippen LogP contribution in [0.3, 0.4) is 0 Å². The molecule has 1 aromatic rings. The summed E-state index contributed by atoms with van der Waals surface area (Å²) in [5, 5.41) is 5.27. The zero-order valence-electron chi connectivity index (χ0n) is 9.26. The molecule has 0 aromatic carbocycles. The molecule has 0 spiro atoms. The van der Waals surface area contributed by atoms with Crippen LogP contribution >= 0.6 is 15.9 Å². The number of hydrogen-bond donors (Lipinski definition) is 0. The van der Waals surface area contributed by atoms with Crippen molar-refractivity contribution in [1.29, 1.82) is 0 Å². The third-order valence-corrected chi connectivity index (χ3v) is 2.85. The van der Waals surface area contributed by atoms with Gasteiger partial charge in [-0.05, 0) is 11.6 Å². The molecule has 0 aliphatic carbocycles. The van der Waals surface area contributed by atoms with E-state index in [1.807, 2.05) is 11.7 Å². The Morgan fingerprint density at radius 1 is 1.57 bits per heavy atom. The van der Waals surface area contributed by atoms with Gasteiger partial charge in [0.15, 0.2) is 0 Å². The zero-order chi connectivity index (χ0) is 10.9. The minimum atomic E-state index is 0.0998. The lowest BCUT2D eigenvalue weighted by Crippen LogP contribution is -2.12. The number of halogens is 1. The highest BCUT2D eigenvalue weighted by molar-refractivity contribution is 9.09. The van der Waals surface area contributed by atoms with Crippen molar-refractivity contribution in [2.75, 3.05) is 5.33 Å². The van der Waals surface area contributed by atoms with Gasteiger partial charge in [0, 0.05) is 17.8 Å². The van der Waals surface area contributed by atoms with Crippen LogP contribution in [0, 0.1) is 0 Å². The standard InChI is InChI=1S/C11H17BrN2/c1-8(7-12)9-6-10(11(2,3)4)13-14(9)5/h6H,1,7H2,2-5H3. The van der Waals surface area contributed by atoms with Crippen molar-refractivity contribution < 1.29 is 0 Å². The molecule has 78 valence electrons. The van der Waals surface area contributed by atoms with Gasteiger partial charge in [-0.25, -0.2) is 0 Å². The number of aromatic nitrogens is 2. The van der Waals surface area contributed by atoms with Gasteiger partial charge >= 0.3 is 0 Å². The monoisotopic (exact) mass is 256 g/mol. The van der Waals surface area contributed by atoms with Crippen LogP contribution < -0.4 is 0 Å². The molecule has 0 unspecified atom stereocenters. The molecular formula is C11H17BrN2. The summed E-state index contributed by atoms with van der Waals surface area (Å²) in [6.45, 7) is 10.5. The van der Waals surface area contributed by atoms with Crippen molar-refractivity contribution in [2.24, 2.45) is 7.05 Å². The molecule has 0 N–H and O–H groups in total. The lowest BCUT2D eigenvalue weighted by molar-refractivity contribution is 0.553. The topological polar surface area (TPSA) is 17.8 Å². The van der Waals surface area contributed by atoms with E-state index in [9.17, 15) is 0 Å². The molecule has 0 amide bonds. The van der Waals surface area contributed by atoms with E-state index in [4.69, 9.17) is 0 Å². The number of nitrogens with zero attached hydrogens (tertiary/aromatic N) is 2. The van der Waals surface area contributed by atoms with Crippen LogP contribution in [-0.4, -0.2) is 15.1 Å². The van der Waals surface area contributed by atoms with E-state index in [-0.39, 0.29) is 5.41 Å². The summed E-state index contributed by atoms with van der Waals surface area (Å²) in [4.78, 5) is 0. The van der Waals surface area contributed by atoms with Crippen molar-refractivity contribution in [3.8, 4) is 0 Å². The lowest BCUT2D eigenvalue weighted by Gasteiger charge is -2.13. The molecule has 0 aliphatic rings. The van der Waals surface area contributed by atoms with Crippen molar-refractivity contribution in [3.63, 3.8) is 0 Å². The van der Waals surface area contributed by atoms with Gasteiger partial charge in [-0.15, -0.1) is 0 Å². The molecule has 0 saturated heterocycles. The van der Waals surface area contributed by atoms with Gasteiger partial charge in [0.2, 0.25) is 0 Å². The van der Waals surface area contributed by atoms with Gasteiger partial charge in [-0.1, -0.05) is 43.3 Å². The van der Waals surface area contributed by atoms with E-state index >= 15 is 0 Å². The first kappa shape index (κ1) is 11.5. The normalized spacial score (nSPS) is 11.8. The number of hydrogen-bond acceptors (Lipinski definition) is 1. The largest absolute Gasteiger partial charge is 0.268 e. The highest BCUT2D eigenvalue weighted by atomic mass is 79.9. The Morgan fingerprint density at radius 3 is 2.50 bits per heavy atom. The fraction of sp³-hybridized carbons (Fsp3) is 0.545. The molecule has 1 heterocycles. The summed E-state index contributed by atoms with van der Waals surface area (Å²) >= 11 is 3.40. The van der Waals surface area contributed by atoms with Gasteiger partial charge < -0.3 is 0 Å². The van der Waals surface area contributed by atoms with Crippen LogP contribution in [0.1, 0.15) is 32.2 Å². The van der Waals surface area contributed by atoms with Gasteiger partial charge in [0.1, 0.15) is 0 Å². The lowest BCUT2D eigenvalue weighted by atomic mass is 9.92. The summed E-state index contributed by atoms with van der Waals surface area (Å²) in [7, 11) is 1.96. The molecule has 1 rings (SSSR count). The van der Waals surface area contributed by atoms with Gasteiger partial charge in [-0.3, -0.25) is 4.68 Å². The maximum atomic E-state index is 4.49. The third kappa shape index (κ3) is 2.27. The minimum Gasteiger partial charge on any atom is -0.268 e. The number of alkyl halides is 1. The number of aryl methyl sites for hydroxylation is 1. The van der Waals surface area contributed by atoms with E-state index in [0.717, 1.165) is 22.3 Å². The molecule has 0 radical (unpaired) electrons. The second-order valence-electron chi connectivity index (χ2n) is 4.53. The van der Waals surface area contributed by atoms with Crippen molar-refractivity contribution in [1.82, 2.24) is 9.78 Å². The minimum absolute atomic E-state index is 0.0998. The van der Waals surface area contributed by atoms with Crippen LogP contribution in [0.2, 0.25) is 0 Å². The molecular weight excluding hydrogens is 240 g/mol. The molecule has 3 heteroatoms. The average Bonchev–Trinajstić information content (AvgIpc) is 2.45. The first-order valence-electron chi connectivity index (χ1n) is 4.65. The first-order chi connectivity index (χ1) is 6.36.